The lowest BCUT2D eigenvalue weighted by molar-refractivity contribution is 0.685. The molecular weight excluding hydrogens is 354 g/mol. The van der Waals surface area contributed by atoms with Crippen LogP contribution in [0.25, 0.3) is 0 Å². The van der Waals surface area contributed by atoms with Gasteiger partial charge in [0.1, 0.15) is 17.8 Å². The first-order valence-electron chi connectivity index (χ1n) is 11.3. The third-order valence-corrected chi connectivity index (χ3v) is 5.73. The number of fused-ring (bicyclic) bond motifs is 1. The van der Waals surface area contributed by atoms with Gasteiger partial charge in [-0.15, -0.1) is 0 Å². The fourth-order valence-corrected chi connectivity index (χ4v) is 4.20. The lowest BCUT2D eigenvalue weighted by Crippen LogP contribution is -2.37. The summed E-state index contributed by atoms with van der Waals surface area (Å²) < 4.78 is 0. The second kappa shape index (κ2) is 9.87. The molecule has 1 N–H and O–H groups in total. The van der Waals surface area contributed by atoms with Gasteiger partial charge in [-0.05, 0) is 79.8 Å². The van der Waals surface area contributed by atoms with Crippen molar-refractivity contribution in [2.75, 3.05) is 0 Å². The molecule has 1 aliphatic heterocycles. The van der Waals surface area contributed by atoms with Gasteiger partial charge in [-0.25, -0.2) is 9.98 Å². The van der Waals surface area contributed by atoms with Crippen LogP contribution in [-0.4, -0.2) is 17.8 Å². The number of aryl methyl sites for hydroxylation is 4. The van der Waals surface area contributed by atoms with E-state index < -0.39 is 0 Å². The second-order valence-corrected chi connectivity index (χ2v) is 7.59. The maximum absolute atomic E-state index is 4.77. The predicted molar refractivity (Wildman–Crippen MR) is 125 cm³/mol. The minimum atomic E-state index is -0.0665. The highest BCUT2D eigenvalue weighted by Crippen LogP contribution is 2.23. The molecule has 0 bridgehead atoms. The van der Waals surface area contributed by atoms with Gasteiger partial charge in [0.15, 0.2) is 0 Å². The molecule has 0 fully saturated rings. The molecule has 0 saturated heterocycles. The minimum Gasteiger partial charge on any atom is -0.324 e. The standard InChI is InChI=1S/C24H29N3.C2H6/c1-4-17-10-12-21(14-18(17)5-2)23-25-16(3)26-24(27-23)22-13-11-19-8-6-7-9-20(19)15-22;1-2/h10-16H,4-9H2,1-3H3,(H,25,26,27);1-2H3. The monoisotopic (exact) mass is 389 g/mol. The van der Waals surface area contributed by atoms with Crippen molar-refractivity contribution in [2.45, 2.75) is 79.3 Å². The lowest BCUT2D eigenvalue weighted by Gasteiger charge is -2.22. The quantitative estimate of drug-likeness (QED) is 0.699. The lowest BCUT2D eigenvalue weighted by atomic mass is 9.90. The summed E-state index contributed by atoms with van der Waals surface area (Å²) in [5.41, 5.74) is 8.16. The molecule has 0 spiro atoms. The molecule has 2 aliphatic rings. The highest BCUT2D eigenvalue weighted by molar-refractivity contribution is 6.16. The van der Waals surface area contributed by atoms with Crippen molar-refractivity contribution in [2.24, 2.45) is 9.98 Å². The molecule has 0 saturated carbocycles. The highest BCUT2D eigenvalue weighted by atomic mass is 15.2. The number of nitrogens with one attached hydrogen (secondary N) is 1. The van der Waals surface area contributed by atoms with Crippen LogP contribution in [-0.2, 0) is 25.7 Å². The smallest absolute Gasteiger partial charge is 0.141 e. The van der Waals surface area contributed by atoms with Crippen LogP contribution in [0.1, 0.15) is 80.8 Å². The number of rotatable bonds is 4. The van der Waals surface area contributed by atoms with E-state index >= 15 is 0 Å². The van der Waals surface area contributed by atoms with E-state index in [0.29, 0.717) is 0 Å². The van der Waals surface area contributed by atoms with Gasteiger partial charge in [0.05, 0.1) is 0 Å². The van der Waals surface area contributed by atoms with Crippen molar-refractivity contribution in [3.63, 3.8) is 0 Å². The van der Waals surface area contributed by atoms with Crippen molar-refractivity contribution in [3.05, 3.63) is 69.8 Å². The Labute approximate surface area is 176 Å². The molecule has 154 valence electrons. The van der Waals surface area contributed by atoms with E-state index in [9.17, 15) is 0 Å². The summed E-state index contributed by atoms with van der Waals surface area (Å²) in [6.07, 6.45) is 7.06. The summed E-state index contributed by atoms with van der Waals surface area (Å²) in [4.78, 5) is 9.54. The van der Waals surface area contributed by atoms with Crippen molar-refractivity contribution in [3.8, 4) is 0 Å². The topological polar surface area (TPSA) is 36.8 Å². The van der Waals surface area contributed by atoms with Crippen molar-refractivity contribution < 1.29 is 0 Å². The van der Waals surface area contributed by atoms with Crippen LogP contribution in [0.3, 0.4) is 0 Å². The van der Waals surface area contributed by atoms with E-state index in [2.05, 4.69) is 62.5 Å². The Balaban J connectivity index is 0.00000117. The molecule has 0 amide bonds. The predicted octanol–water partition coefficient (Wildman–Crippen LogP) is 5.86. The van der Waals surface area contributed by atoms with Gasteiger partial charge < -0.3 is 5.32 Å². The Morgan fingerprint density at radius 2 is 1.38 bits per heavy atom. The van der Waals surface area contributed by atoms with Gasteiger partial charge in [0.25, 0.3) is 0 Å². The normalized spacial score (nSPS) is 17.9. The molecule has 2 aromatic carbocycles. The molecule has 1 atom stereocenters. The van der Waals surface area contributed by atoms with Crippen LogP contribution < -0.4 is 5.32 Å². The molecule has 4 rings (SSSR count). The number of nitrogens with zero attached hydrogens (tertiary/aromatic N) is 2. The highest BCUT2D eigenvalue weighted by Gasteiger charge is 2.19. The maximum atomic E-state index is 4.77. The third-order valence-electron chi connectivity index (χ3n) is 5.73. The summed E-state index contributed by atoms with van der Waals surface area (Å²) in [5.74, 6) is 1.88. The first-order valence-corrected chi connectivity index (χ1v) is 11.3. The van der Waals surface area contributed by atoms with Crippen molar-refractivity contribution >= 4 is 11.7 Å². The zero-order valence-electron chi connectivity index (χ0n) is 18.7. The summed E-state index contributed by atoms with van der Waals surface area (Å²) in [5, 5.41) is 3.51. The molecule has 2 aromatic rings. The number of hydrogen-bond acceptors (Lipinski definition) is 3. The van der Waals surface area contributed by atoms with E-state index in [0.717, 1.165) is 30.1 Å². The Bertz CT molecular complexity index is 853. The number of hydrogen-bond donors (Lipinski definition) is 1. The van der Waals surface area contributed by atoms with Crippen LogP contribution in [0.5, 0.6) is 0 Å². The average Bonchev–Trinajstić information content (AvgIpc) is 2.79. The molecule has 0 radical (unpaired) electrons. The second-order valence-electron chi connectivity index (χ2n) is 7.59. The molecule has 29 heavy (non-hydrogen) atoms. The van der Waals surface area contributed by atoms with E-state index in [1.165, 1.54) is 53.5 Å². The molecular formula is C26H35N3. The molecule has 3 nitrogen and oxygen atoms in total. The van der Waals surface area contributed by atoms with E-state index in [4.69, 9.17) is 9.98 Å². The van der Waals surface area contributed by atoms with Gasteiger partial charge in [0.2, 0.25) is 0 Å². The third kappa shape index (κ3) is 4.77. The maximum Gasteiger partial charge on any atom is 0.141 e. The van der Waals surface area contributed by atoms with Crippen LogP contribution in [0.4, 0.5) is 0 Å². The fraction of sp³-hybridized carbons (Fsp3) is 0.462. The van der Waals surface area contributed by atoms with Crippen LogP contribution in [0, 0.1) is 0 Å². The van der Waals surface area contributed by atoms with E-state index in [1.807, 2.05) is 13.8 Å². The first kappa shape index (κ1) is 21.3. The Kier molecular flexibility index (Phi) is 7.24. The van der Waals surface area contributed by atoms with Crippen LogP contribution in [0.2, 0.25) is 0 Å². The summed E-state index contributed by atoms with van der Waals surface area (Å²) in [7, 11) is 0. The van der Waals surface area contributed by atoms with Gasteiger partial charge in [0, 0.05) is 11.1 Å². The Morgan fingerprint density at radius 3 is 2.03 bits per heavy atom. The summed E-state index contributed by atoms with van der Waals surface area (Å²) in [6.45, 7) is 10.5. The van der Waals surface area contributed by atoms with Gasteiger partial charge in [-0.2, -0.15) is 0 Å². The summed E-state index contributed by atoms with van der Waals surface area (Å²) >= 11 is 0. The Hall–Kier alpha value is -2.42. The van der Waals surface area contributed by atoms with Crippen LogP contribution in [0.15, 0.2) is 46.4 Å². The van der Waals surface area contributed by atoms with Crippen molar-refractivity contribution in [1.29, 1.82) is 0 Å². The first-order chi connectivity index (χ1) is 14.2. The summed E-state index contributed by atoms with van der Waals surface area (Å²) in [6, 6.07) is 13.5. The molecule has 1 unspecified atom stereocenters. The van der Waals surface area contributed by atoms with Gasteiger partial charge >= 0.3 is 0 Å². The SMILES string of the molecule is CC.CCc1ccc(C2=NC(C)N=C(c3ccc4c(c3)CCCC4)N2)cc1CC. The zero-order valence-corrected chi connectivity index (χ0v) is 18.7. The van der Waals surface area contributed by atoms with Gasteiger partial charge in [-0.1, -0.05) is 52.0 Å². The van der Waals surface area contributed by atoms with Crippen LogP contribution >= 0.6 is 0 Å². The number of benzene rings is 2. The molecule has 0 aromatic heterocycles. The zero-order chi connectivity index (χ0) is 20.8. The molecule has 1 heterocycles. The van der Waals surface area contributed by atoms with E-state index in [1.54, 1.807) is 0 Å². The molecule has 1 aliphatic carbocycles. The number of aliphatic imine (C=N–C) groups is 2. The van der Waals surface area contributed by atoms with E-state index in [-0.39, 0.29) is 6.17 Å². The minimum absolute atomic E-state index is 0.0665. The average molecular weight is 390 g/mol. The Morgan fingerprint density at radius 1 is 0.793 bits per heavy atom. The van der Waals surface area contributed by atoms with Gasteiger partial charge in [-0.3, -0.25) is 0 Å². The largest absolute Gasteiger partial charge is 0.324 e. The number of amidine groups is 2. The van der Waals surface area contributed by atoms with Crippen molar-refractivity contribution in [1.82, 2.24) is 5.32 Å². The molecule has 3 heteroatoms. The fourth-order valence-electron chi connectivity index (χ4n) is 4.20.